The number of benzene rings is 5. The molecule has 1 unspecified atom stereocenters. The first-order chi connectivity index (χ1) is 27.3. The third-order valence-electron chi connectivity index (χ3n) is 10.1. The van der Waals surface area contributed by atoms with Crippen molar-refractivity contribution >= 4 is 67.0 Å². The van der Waals surface area contributed by atoms with Crippen LogP contribution < -0.4 is 30.1 Å². The quantitative estimate of drug-likeness (QED) is 0.174. The fraction of sp³-hybridized carbons (Fsp3) is 0.195. The molecule has 2 aliphatic rings. The van der Waals surface area contributed by atoms with Gasteiger partial charge in [0.05, 0.1) is 17.5 Å². The maximum absolute atomic E-state index is 16.2. The van der Waals surface area contributed by atoms with Crippen LogP contribution in [0.1, 0.15) is 41.1 Å². The number of hydrogen-bond donors (Lipinski definition) is 3. The Morgan fingerprint density at radius 3 is 2.32 bits per heavy atom. The molecule has 0 saturated carbocycles. The highest BCUT2D eigenvalue weighted by molar-refractivity contribution is 7.92. The van der Waals surface area contributed by atoms with Crippen LogP contribution in [0.3, 0.4) is 0 Å². The molecule has 3 N–H and O–H groups in total. The van der Waals surface area contributed by atoms with Crippen molar-refractivity contribution in [3.05, 3.63) is 136 Å². The lowest BCUT2D eigenvalue weighted by atomic mass is 10.0. The van der Waals surface area contributed by atoms with E-state index in [4.69, 9.17) is 4.74 Å². The summed E-state index contributed by atoms with van der Waals surface area (Å²) < 4.78 is 53.0. The number of anilines is 2. The Kier molecular flexibility index (Phi) is 9.57. The van der Waals surface area contributed by atoms with Crippen molar-refractivity contribution in [2.45, 2.75) is 38.3 Å². The summed E-state index contributed by atoms with van der Waals surface area (Å²) in [6.45, 7) is -0.609. The van der Waals surface area contributed by atoms with Crippen molar-refractivity contribution < 1.29 is 36.7 Å². The molecule has 3 heterocycles. The van der Waals surface area contributed by atoms with Crippen LogP contribution in [-0.2, 0) is 55.9 Å². The molecule has 1 aromatic heterocycles. The zero-order chi connectivity index (χ0) is 40.0. The van der Waals surface area contributed by atoms with Crippen molar-refractivity contribution in [3.63, 3.8) is 0 Å². The second-order valence-corrected chi connectivity index (χ2v) is 15.6. The maximum atomic E-state index is 16.2. The number of imidazole rings is 1. The van der Waals surface area contributed by atoms with Crippen molar-refractivity contribution in [3.8, 4) is 5.75 Å². The minimum atomic E-state index is -4.35. The van der Waals surface area contributed by atoms with Gasteiger partial charge in [0.2, 0.25) is 17.7 Å². The SMILES string of the molecule is Cn1c(=O)n(C2CCC(=O)NC2=O)c2ccc(Cc3ccc(CC(=O)Nc4ccc5c(F)c(N6CC(=O)NS6(=O)=O)c(OCc6ccccc6)cc5c4)cc3)cc21. The van der Waals surface area contributed by atoms with Gasteiger partial charge in [0.15, 0.2) is 5.82 Å². The number of nitrogens with one attached hydrogen (secondary N) is 3. The van der Waals surface area contributed by atoms with E-state index in [0.717, 1.165) is 22.3 Å². The van der Waals surface area contributed by atoms with Crippen molar-refractivity contribution in [1.29, 1.82) is 0 Å². The van der Waals surface area contributed by atoms with E-state index in [9.17, 15) is 32.4 Å². The molecule has 5 aromatic carbocycles. The molecule has 16 heteroatoms. The average Bonchev–Trinajstić information content (AvgIpc) is 3.59. The molecule has 8 rings (SSSR count). The molecule has 1 atom stereocenters. The zero-order valence-corrected chi connectivity index (χ0v) is 31.3. The lowest BCUT2D eigenvalue weighted by molar-refractivity contribution is -0.135. The van der Waals surface area contributed by atoms with E-state index in [-0.39, 0.29) is 54.5 Å². The van der Waals surface area contributed by atoms with Gasteiger partial charge in [-0.2, -0.15) is 8.42 Å². The van der Waals surface area contributed by atoms with Gasteiger partial charge >= 0.3 is 15.9 Å². The number of amides is 4. The molecule has 6 aromatic rings. The summed E-state index contributed by atoms with van der Waals surface area (Å²) >= 11 is 0. The van der Waals surface area contributed by atoms with Gasteiger partial charge in [0.25, 0.3) is 5.91 Å². The Labute approximate surface area is 325 Å². The van der Waals surface area contributed by atoms with Crippen LogP contribution in [0.4, 0.5) is 15.8 Å². The number of piperidine rings is 1. The molecule has 14 nitrogen and oxygen atoms in total. The number of ether oxygens (including phenoxy) is 1. The summed E-state index contributed by atoms with van der Waals surface area (Å²) in [6, 6.07) is 27.4. The molecular formula is C41H35FN6O8S. The van der Waals surface area contributed by atoms with Gasteiger partial charge < -0.3 is 10.1 Å². The van der Waals surface area contributed by atoms with Crippen LogP contribution in [-0.4, -0.2) is 47.7 Å². The normalized spacial score (nSPS) is 16.5. The fourth-order valence-electron chi connectivity index (χ4n) is 7.28. The standard InChI is InChI=1S/C41H35FN6O8S/c1-46-33-18-27(11-14-31(33)48(41(46)53)32-15-16-35(49)44-40(32)52)17-24-7-9-25(10-8-24)19-36(50)43-29-12-13-30-28(20-29)21-34(56-23-26-5-3-2-4-6-26)39(38(30)42)47-22-37(51)45-57(47,54)55/h2-14,18,20-21,32H,15-17,19,22-23H2,1H3,(H,43,50)(H,45,51)(H,44,49,52). The first-order valence-electron chi connectivity index (χ1n) is 18.0. The molecule has 57 heavy (non-hydrogen) atoms. The van der Waals surface area contributed by atoms with Crippen LogP contribution in [0, 0.1) is 5.82 Å². The number of aromatic nitrogens is 2. The predicted molar refractivity (Wildman–Crippen MR) is 209 cm³/mol. The highest BCUT2D eigenvalue weighted by Gasteiger charge is 2.38. The fourth-order valence-corrected chi connectivity index (χ4v) is 8.44. The Hall–Kier alpha value is -6.81. The van der Waals surface area contributed by atoms with Gasteiger partial charge in [-0.1, -0.05) is 60.7 Å². The van der Waals surface area contributed by atoms with Crippen molar-refractivity contribution in [1.82, 2.24) is 19.2 Å². The van der Waals surface area contributed by atoms with E-state index in [2.05, 4.69) is 10.6 Å². The number of carbonyl (C=O) groups excluding carboxylic acids is 4. The number of aryl methyl sites for hydroxylation is 1. The van der Waals surface area contributed by atoms with Crippen molar-refractivity contribution in [2.75, 3.05) is 16.2 Å². The lowest BCUT2D eigenvalue weighted by Gasteiger charge is -2.21. The van der Waals surface area contributed by atoms with Crippen LogP contribution in [0.25, 0.3) is 21.8 Å². The molecule has 0 bridgehead atoms. The summed E-state index contributed by atoms with van der Waals surface area (Å²) in [7, 11) is -2.70. The van der Waals surface area contributed by atoms with Crippen molar-refractivity contribution in [2.24, 2.45) is 7.05 Å². The van der Waals surface area contributed by atoms with Crippen LogP contribution in [0.15, 0.2) is 102 Å². The van der Waals surface area contributed by atoms with E-state index >= 15 is 4.39 Å². The molecule has 2 saturated heterocycles. The number of imide groups is 1. The molecule has 290 valence electrons. The average molecular weight is 791 g/mol. The minimum absolute atomic E-state index is 0.000160. The molecule has 4 amide bonds. The number of hydrogen-bond acceptors (Lipinski definition) is 8. The predicted octanol–water partition coefficient (Wildman–Crippen LogP) is 4.14. The lowest BCUT2D eigenvalue weighted by Crippen LogP contribution is -2.44. The third-order valence-corrected chi connectivity index (χ3v) is 11.5. The molecule has 0 radical (unpaired) electrons. The second kappa shape index (κ2) is 14.7. The third kappa shape index (κ3) is 7.34. The van der Waals surface area contributed by atoms with Gasteiger partial charge in [-0.3, -0.25) is 33.6 Å². The summed E-state index contributed by atoms with van der Waals surface area (Å²) in [6.07, 6.45) is 1.01. The number of fused-ring (bicyclic) bond motifs is 2. The van der Waals surface area contributed by atoms with E-state index in [1.54, 1.807) is 37.4 Å². The summed E-state index contributed by atoms with van der Waals surface area (Å²) in [4.78, 5) is 62.5. The molecule has 0 spiro atoms. The number of rotatable bonds is 10. The maximum Gasteiger partial charge on any atom is 0.329 e. The van der Waals surface area contributed by atoms with Gasteiger partial charge in [-0.05, 0) is 76.9 Å². The van der Waals surface area contributed by atoms with E-state index < -0.39 is 46.1 Å². The molecular weight excluding hydrogens is 756 g/mol. The number of halogens is 1. The van der Waals surface area contributed by atoms with Crippen LogP contribution in [0.2, 0.25) is 0 Å². The number of carbonyl (C=O) groups is 4. The Bertz CT molecular complexity index is 2800. The molecule has 0 aliphatic carbocycles. The van der Waals surface area contributed by atoms with E-state index in [1.807, 2.05) is 53.3 Å². The Morgan fingerprint density at radius 1 is 0.860 bits per heavy atom. The Morgan fingerprint density at radius 2 is 1.60 bits per heavy atom. The van der Waals surface area contributed by atoms with Crippen LogP contribution >= 0.6 is 0 Å². The van der Waals surface area contributed by atoms with Gasteiger partial charge in [0.1, 0.15) is 30.6 Å². The zero-order valence-electron chi connectivity index (χ0n) is 30.5. The molecule has 2 fully saturated rings. The summed E-state index contributed by atoms with van der Waals surface area (Å²) in [5.74, 6) is -2.96. The number of nitrogens with zero attached hydrogens (tertiary/aromatic N) is 3. The monoisotopic (exact) mass is 790 g/mol. The minimum Gasteiger partial charge on any atom is -0.487 e. The highest BCUT2D eigenvalue weighted by Crippen LogP contribution is 2.40. The van der Waals surface area contributed by atoms with E-state index in [0.29, 0.717) is 32.8 Å². The first kappa shape index (κ1) is 37.1. The van der Waals surface area contributed by atoms with Gasteiger partial charge in [0, 0.05) is 24.5 Å². The first-order valence-corrected chi connectivity index (χ1v) is 19.5. The second-order valence-electron chi connectivity index (χ2n) is 14.0. The van der Waals surface area contributed by atoms with Gasteiger partial charge in [-0.15, -0.1) is 0 Å². The van der Waals surface area contributed by atoms with Gasteiger partial charge in [-0.25, -0.2) is 18.2 Å². The van der Waals surface area contributed by atoms with E-state index in [1.165, 1.54) is 27.3 Å². The molecule has 2 aliphatic heterocycles. The summed E-state index contributed by atoms with van der Waals surface area (Å²) in [5.41, 5.74) is 4.32. The summed E-state index contributed by atoms with van der Waals surface area (Å²) in [5, 5.41) is 5.56. The van der Waals surface area contributed by atoms with Crippen LogP contribution in [0.5, 0.6) is 5.75 Å². The largest absolute Gasteiger partial charge is 0.487 e. The smallest absolute Gasteiger partial charge is 0.329 e. The Balaban J connectivity index is 0.968. The highest BCUT2D eigenvalue weighted by atomic mass is 32.2. The topological polar surface area (TPSA) is 178 Å².